The molecule has 0 radical (unpaired) electrons. The van der Waals surface area contributed by atoms with E-state index in [1.165, 1.54) is 24.3 Å². The fourth-order valence-corrected chi connectivity index (χ4v) is 8.05. The number of hydrogen-bond donors (Lipinski definition) is 0. The van der Waals surface area contributed by atoms with E-state index in [1.54, 1.807) is 16.0 Å². The Kier molecular flexibility index (Phi) is 2.61. The van der Waals surface area contributed by atoms with Crippen molar-refractivity contribution in [3.8, 4) is 0 Å². The van der Waals surface area contributed by atoms with Gasteiger partial charge in [0, 0.05) is 16.4 Å². The van der Waals surface area contributed by atoms with Crippen molar-refractivity contribution in [1.82, 2.24) is 0 Å². The molecule has 82 valence electrons. The molecule has 2 heterocycles. The van der Waals surface area contributed by atoms with E-state index < -0.39 is 0 Å². The molecule has 0 saturated carbocycles. The average molecular weight is 256 g/mol. The first-order valence-electron chi connectivity index (χ1n) is 5.57. The first-order valence-corrected chi connectivity index (χ1v) is 8.42. The van der Waals surface area contributed by atoms with Crippen LogP contribution in [0, 0.1) is 12.8 Å². The van der Waals surface area contributed by atoms with Crippen molar-refractivity contribution in [2.75, 3.05) is 11.5 Å². The molecule has 0 bridgehead atoms. The summed E-state index contributed by atoms with van der Waals surface area (Å²) in [7, 11) is 0. The van der Waals surface area contributed by atoms with Crippen LogP contribution in [0.25, 0.3) is 0 Å². The monoisotopic (exact) mass is 256 g/mol. The summed E-state index contributed by atoms with van der Waals surface area (Å²) in [4.78, 5) is 1.67. The predicted molar refractivity (Wildman–Crippen MR) is 73.1 cm³/mol. The van der Waals surface area contributed by atoms with Crippen molar-refractivity contribution >= 4 is 34.9 Å². The van der Waals surface area contributed by atoms with Gasteiger partial charge < -0.3 is 0 Å². The number of fused-ring (bicyclic) bond motifs is 2. The van der Waals surface area contributed by atoms with E-state index in [1.807, 2.05) is 11.3 Å². The molecular weight excluding hydrogens is 240 g/mol. The van der Waals surface area contributed by atoms with Gasteiger partial charge in [-0.05, 0) is 42.2 Å². The highest BCUT2D eigenvalue weighted by atomic mass is 32.2. The van der Waals surface area contributed by atoms with Gasteiger partial charge in [0.25, 0.3) is 0 Å². The van der Waals surface area contributed by atoms with E-state index in [2.05, 4.69) is 42.8 Å². The van der Waals surface area contributed by atoms with Crippen molar-refractivity contribution in [1.29, 1.82) is 0 Å². The predicted octanol–water partition coefficient (Wildman–Crippen LogP) is 4.27. The van der Waals surface area contributed by atoms with Gasteiger partial charge in [-0.15, -0.1) is 34.9 Å². The zero-order valence-electron chi connectivity index (χ0n) is 9.21. The van der Waals surface area contributed by atoms with E-state index in [4.69, 9.17) is 0 Å². The lowest BCUT2D eigenvalue weighted by atomic mass is 9.88. The molecule has 0 N–H and O–H groups in total. The van der Waals surface area contributed by atoms with E-state index in [0.29, 0.717) is 4.08 Å². The molecule has 2 aliphatic rings. The summed E-state index contributed by atoms with van der Waals surface area (Å²) < 4.78 is 0.442. The molecule has 1 spiro atoms. The molecule has 0 aromatic carbocycles. The van der Waals surface area contributed by atoms with E-state index in [-0.39, 0.29) is 0 Å². The van der Waals surface area contributed by atoms with Crippen LogP contribution in [0.5, 0.6) is 0 Å². The molecule has 1 aliphatic carbocycles. The summed E-state index contributed by atoms with van der Waals surface area (Å²) in [5.41, 5.74) is 3.25. The summed E-state index contributed by atoms with van der Waals surface area (Å²) in [6.07, 6.45) is 2.70. The highest BCUT2D eigenvalue weighted by molar-refractivity contribution is 8.20. The van der Waals surface area contributed by atoms with Gasteiger partial charge in [-0.1, -0.05) is 6.92 Å². The number of thiophene rings is 1. The summed E-state index contributed by atoms with van der Waals surface area (Å²) in [6, 6.07) is 0. The first-order chi connectivity index (χ1) is 7.21. The minimum absolute atomic E-state index is 0.442. The van der Waals surface area contributed by atoms with Crippen molar-refractivity contribution in [3.05, 3.63) is 21.4 Å². The number of aryl methyl sites for hydroxylation is 1. The zero-order chi connectivity index (χ0) is 10.5. The largest absolute Gasteiger partial charge is 0.148 e. The molecule has 1 aliphatic heterocycles. The molecule has 1 saturated heterocycles. The minimum atomic E-state index is 0.442. The SMILES string of the molecule is Cc1csc2c1C1(CC(C)C2)SCCS1. The Hall–Kier alpha value is 0.400. The van der Waals surface area contributed by atoms with Crippen molar-refractivity contribution in [2.45, 2.75) is 30.8 Å². The van der Waals surface area contributed by atoms with Crippen LogP contribution < -0.4 is 0 Å². The smallest absolute Gasteiger partial charge is 0.0876 e. The highest BCUT2D eigenvalue weighted by Gasteiger charge is 2.44. The summed E-state index contributed by atoms with van der Waals surface area (Å²) >= 11 is 6.39. The van der Waals surface area contributed by atoms with Crippen LogP contribution in [-0.2, 0) is 10.5 Å². The molecule has 15 heavy (non-hydrogen) atoms. The van der Waals surface area contributed by atoms with Crippen molar-refractivity contribution < 1.29 is 0 Å². The lowest BCUT2D eigenvalue weighted by Gasteiger charge is -2.36. The van der Waals surface area contributed by atoms with Gasteiger partial charge in [0.15, 0.2) is 0 Å². The second kappa shape index (κ2) is 3.71. The molecule has 1 aromatic rings. The average Bonchev–Trinajstić information content (AvgIpc) is 2.75. The lowest BCUT2D eigenvalue weighted by molar-refractivity contribution is 0.482. The third kappa shape index (κ3) is 1.58. The van der Waals surface area contributed by atoms with Crippen LogP contribution in [0.15, 0.2) is 5.38 Å². The molecule has 1 atom stereocenters. The lowest BCUT2D eigenvalue weighted by Crippen LogP contribution is -2.26. The molecule has 3 heteroatoms. The Bertz CT molecular complexity index is 374. The maximum absolute atomic E-state index is 2.42. The van der Waals surface area contributed by atoms with Gasteiger partial charge in [-0.3, -0.25) is 0 Å². The fourth-order valence-electron chi connectivity index (χ4n) is 2.83. The van der Waals surface area contributed by atoms with Gasteiger partial charge in [-0.25, -0.2) is 0 Å². The van der Waals surface area contributed by atoms with Crippen LogP contribution in [0.2, 0.25) is 0 Å². The third-order valence-electron chi connectivity index (χ3n) is 3.34. The quantitative estimate of drug-likeness (QED) is 0.680. The van der Waals surface area contributed by atoms with E-state index >= 15 is 0 Å². The minimum Gasteiger partial charge on any atom is -0.148 e. The van der Waals surface area contributed by atoms with Gasteiger partial charge in [-0.2, -0.15) is 0 Å². The molecule has 0 amide bonds. The summed E-state index contributed by atoms with van der Waals surface area (Å²) in [5.74, 6) is 3.55. The zero-order valence-corrected chi connectivity index (χ0v) is 11.7. The van der Waals surface area contributed by atoms with E-state index in [9.17, 15) is 0 Å². The van der Waals surface area contributed by atoms with Crippen LogP contribution >= 0.6 is 34.9 Å². The molecule has 1 aromatic heterocycles. The molecule has 1 unspecified atom stereocenters. The van der Waals surface area contributed by atoms with Crippen LogP contribution in [0.3, 0.4) is 0 Å². The Labute approximate surface area is 104 Å². The highest BCUT2D eigenvalue weighted by Crippen LogP contribution is 2.60. The topological polar surface area (TPSA) is 0 Å². The van der Waals surface area contributed by atoms with Gasteiger partial charge >= 0.3 is 0 Å². The van der Waals surface area contributed by atoms with Gasteiger partial charge in [0.1, 0.15) is 0 Å². The normalized spacial score (nSPS) is 28.3. The molecule has 3 rings (SSSR count). The Morgan fingerprint density at radius 3 is 2.80 bits per heavy atom. The van der Waals surface area contributed by atoms with Crippen molar-refractivity contribution in [3.63, 3.8) is 0 Å². The molecule has 1 fully saturated rings. The number of thioether (sulfide) groups is 2. The summed E-state index contributed by atoms with van der Waals surface area (Å²) in [5, 5.41) is 2.36. The first kappa shape index (κ1) is 10.5. The Balaban J connectivity index is 2.12. The second-order valence-corrected chi connectivity index (χ2v) is 8.69. The van der Waals surface area contributed by atoms with Crippen molar-refractivity contribution in [2.24, 2.45) is 5.92 Å². The standard InChI is InChI=1S/C12H16S3/c1-8-5-10-11(9(2)7-13-10)12(6-8)14-3-4-15-12/h7-8H,3-6H2,1-2H3. The fraction of sp³-hybridized carbons (Fsp3) is 0.667. The van der Waals surface area contributed by atoms with Gasteiger partial charge in [0.2, 0.25) is 0 Å². The van der Waals surface area contributed by atoms with Gasteiger partial charge in [0.05, 0.1) is 4.08 Å². The van der Waals surface area contributed by atoms with Crippen LogP contribution in [0.4, 0.5) is 0 Å². The number of rotatable bonds is 0. The summed E-state index contributed by atoms with van der Waals surface area (Å²) in [6.45, 7) is 4.71. The Morgan fingerprint density at radius 1 is 1.33 bits per heavy atom. The van der Waals surface area contributed by atoms with Crippen LogP contribution in [0.1, 0.15) is 29.3 Å². The maximum atomic E-state index is 2.42. The second-order valence-electron chi connectivity index (χ2n) is 4.68. The number of hydrogen-bond acceptors (Lipinski definition) is 3. The van der Waals surface area contributed by atoms with E-state index in [0.717, 1.165) is 5.92 Å². The molecule has 0 nitrogen and oxygen atoms in total. The van der Waals surface area contributed by atoms with Crippen LogP contribution in [-0.4, -0.2) is 11.5 Å². The Morgan fingerprint density at radius 2 is 2.07 bits per heavy atom. The third-order valence-corrected chi connectivity index (χ3v) is 7.92. The maximum Gasteiger partial charge on any atom is 0.0876 e. The molecular formula is C12H16S3.